The van der Waals surface area contributed by atoms with E-state index in [9.17, 15) is 15.2 Å². The van der Waals surface area contributed by atoms with Gasteiger partial charge >= 0.3 is 5.69 Å². The lowest BCUT2D eigenvalue weighted by atomic mass is 9.98. The molecule has 6 nitrogen and oxygen atoms in total. The molecule has 1 N–H and O–H groups in total. The van der Waals surface area contributed by atoms with Crippen molar-refractivity contribution < 1.29 is 14.8 Å². The normalized spacial score (nSPS) is 21.0. The van der Waals surface area contributed by atoms with Crippen molar-refractivity contribution >= 4 is 5.69 Å². The van der Waals surface area contributed by atoms with Crippen molar-refractivity contribution in [1.82, 2.24) is 4.90 Å². The molecular formula is C15H22N2O4. The Morgan fingerprint density at radius 2 is 2.24 bits per heavy atom. The van der Waals surface area contributed by atoms with E-state index in [0.29, 0.717) is 18.9 Å². The highest BCUT2D eigenvalue weighted by molar-refractivity contribution is 5.45. The van der Waals surface area contributed by atoms with E-state index in [1.54, 1.807) is 18.2 Å². The van der Waals surface area contributed by atoms with Gasteiger partial charge in [0.15, 0.2) is 5.75 Å². The highest BCUT2D eigenvalue weighted by Gasteiger charge is 2.26. The van der Waals surface area contributed by atoms with E-state index < -0.39 is 4.92 Å². The molecule has 0 spiro atoms. The fraction of sp³-hybridized carbons (Fsp3) is 0.600. The van der Waals surface area contributed by atoms with Crippen molar-refractivity contribution in [2.45, 2.75) is 38.3 Å². The molecule has 1 aliphatic heterocycles. The first kappa shape index (κ1) is 15.7. The molecule has 0 saturated carbocycles. The summed E-state index contributed by atoms with van der Waals surface area (Å²) in [5.41, 5.74) is -0.0109. The van der Waals surface area contributed by atoms with Gasteiger partial charge in [-0.05, 0) is 32.4 Å². The van der Waals surface area contributed by atoms with Crippen molar-refractivity contribution in [3.63, 3.8) is 0 Å². The van der Waals surface area contributed by atoms with Crippen LogP contribution in [0.5, 0.6) is 5.75 Å². The SMILES string of the molecule is C[C@H](O)[C@H]1CCCCN1CCOc1ccccc1[N+](=O)[O-]. The predicted octanol–water partition coefficient (Wildman–Crippen LogP) is 2.21. The third kappa shape index (κ3) is 4.15. The maximum atomic E-state index is 10.9. The average molecular weight is 294 g/mol. The van der Waals surface area contributed by atoms with Gasteiger partial charge < -0.3 is 9.84 Å². The van der Waals surface area contributed by atoms with Gasteiger partial charge in [0.05, 0.1) is 11.0 Å². The second kappa shape index (κ2) is 7.38. The Balaban J connectivity index is 1.90. The first-order valence-electron chi connectivity index (χ1n) is 7.38. The predicted molar refractivity (Wildman–Crippen MR) is 79.5 cm³/mol. The Morgan fingerprint density at radius 1 is 1.48 bits per heavy atom. The Bertz CT molecular complexity index is 478. The minimum absolute atomic E-state index is 0.0109. The van der Waals surface area contributed by atoms with E-state index in [0.717, 1.165) is 25.8 Å². The number of nitro benzene ring substituents is 1. The molecule has 1 aromatic rings. The number of ether oxygens (including phenoxy) is 1. The number of nitrogens with zero attached hydrogens (tertiary/aromatic N) is 2. The molecule has 1 saturated heterocycles. The van der Waals surface area contributed by atoms with Crippen LogP contribution in [0.15, 0.2) is 24.3 Å². The van der Waals surface area contributed by atoms with Crippen molar-refractivity contribution in [2.75, 3.05) is 19.7 Å². The Morgan fingerprint density at radius 3 is 2.95 bits per heavy atom. The molecule has 1 heterocycles. The summed E-state index contributed by atoms with van der Waals surface area (Å²) in [5.74, 6) is 0.299. The van der Waals surface area contributed by atoms with Gasteiger partial charge in [0.2, 0.25) is 0 Å². The molecular weight excluding hydrogens is 272 g/mol. The summed E-state index contributed by atoms with van der Waals surface area (Å²) in [5, 5.41) is 20.7. The molecule has 0 aromatic heterocycles. The van der Waals surface area contributed by atoms with Crippen LogP contribution in [0, 0.1) is 10.1 Å². The zero-order chi connectivity index (χ0) is 15.2. The van der Waals surface area contributed by atoms with Gasteiger partial charge in [0.25, 0.3) is 0 Å². The molecule has 0 aliphatic carbocycles. The number of para-hydroxylation sites is 2. The van der Waals surface area contributed by atoms with Crippen LogP contribution in [0.2, 0.25) is 0 Å². The molecule has 0 radical (unpaired) electrons. The van der Waals surface area contributed by atoms with Crippen LogP contribution in [0.1, 0.15) is 26.2 Å². The third-order valence-electron chi connectivity index (χ3n) is 3.92. The molecule has 21 heavy (non-hydrogen) atoms. The first-order chi connectivity index (χ1) is 10.1. The lowest BCUT2D eigenvalue weighted by Crippen LogP contribution is -2.47. The number of benzene rings is 1. The Labute approximate surface area is 124 Å². The summed E-state index contributed by atoms with van der Waals surface area (Å²) in [7, 11) is 0. The third-order valence-corrected chi connectivity index (χ3v) is 3.92. The lowest BCUT2D eigenvalue weighted by molar-refractivity contribution is -0.385. The number of aliphatic hydroxyl groups excluding tert-OH is 1. The smallest absolute Gasteiger partial charge is 0.310 e. The topological polar surface area (TPSA) is 75.8 Å². The summed E-state index contributed by atoms with van der Waals surface area (Å²) in [6, 6.07) is 6.56. The largest absolute Gasteiger partial charge is 0.485 e. The minimum Gasteiger partial charge on any atom is -0.485 e. The van der Waals surface area contributed by atoms with E-state index in [1.165, 1.54) is 6.07 Å². The van der Waals surface area contributed by atoms with Gasteiger partial charge in [-0.1, -0.05) is 18.6 Å². The first-order valence-corrected chi connectivity index (χ1v) is 7.38. The monoisotopic (exact) mass is 294 g/mol. The zero-order valence-corrected chi connectivity index (χ0v) is 12.3. The molecule has 0 unspecified atom stereocenters. The maximum absolute atomic E-state index is 10.9. The van der Waals surface area contributed by atoms with Gasteiger partial charge in [-0.15, -0.1) is 0 Å². The summed E-state index contributed by atoms with van der Waals surface area (Å²) in [4.78, 5) is 12.7. The van der Waals surface area contributed by atoms with E-state index in [2.05, 4.69) is 4.90 Å². The number of rotatable bonds is 6. The van der Waals surface area contributed by atoms with Crippen molar-refractivity contribution in [2.24, 2.45) is 0 Å². The molecule has 1 aromatic carbocycles. The molecule has 1 aliphatic rings. The number of likely N-dealkylation sites (tertiary alicyclic amines) is 1. The standard InChI is InChI=1S/C15H22N2O4/c1-12(18)13-6-4-5-9-16(13)10-11-21-15-8-3-2-7-14(15)17(19)20/h2-3,7-8,12-13,18H,4-6,9-11H2,1H3/t12-,13+/m0/s1. The summed E-state index contributed by atoms with van der Waals surface area (Å²) in [6.07, 6.45) is 2.88. The maximum Gasteiger partial charge on any atom is 0.310 e. The van der Waals surface area contributed by atoms with Crippen molar-refractivity contribution in [1.29, 1.82) is 0 Å². The molecule has 2 rings (SSSR count). The molecule has 2 atom stereocenters. The zero-order valence-electron chi connectivity index (χ0n) is 12.3. The molecule has 1 fully saturated rings. The second-order valence-electron chi connectivity index (χ2n) is 5.41. The van der Waals surface area contributed by atoms with Crippen LogP contribution in [-0.4, -0.2) is 46.8 Å². The minimum atomic E-state index is -0.436. The second-order valence-corrected chi connectivity index (χ2v) is 5.41. The van der Waals surface area contributed by atoms with Gasteiger partial charge in [-0.2, -0.15) is 0 Å². The number of hydrogen-bond acceptors (Lipinski definition) is 5. The molecule has 0 bridgehead atoms. The van der Waals surface area contributed by atoms with Crippen LogP contribution in [-0.2, 0) is 0 Å². The number of hydrogen-bond donors (Lipinski definition) is 1. The van der Waals surface area contributed by atoms with Crippen molar-refractivity contribution in [3.05, 3.63) is 34.4 Å². The van der Waals surface area contributed by atoms with E-state index >= 15 is 0 Å². The molecule has 116 valence electrons. The van der Waals surface area contributed by atoms with Crippen LogP contribution >= 0.6 is 0 Å². The fourth-order valence-electron chi connectivity index (χ4n) is 2.84. The van der Waals surface area contributed by atoms with E-state index in [1.807, 2.05) is 6.92 Å². The number of nitro groups is 1. The highest BCUT2D eigenvalue weighted by Crippen LogP contribution is 2.26. The van der Waals surface area contributed by atoms with Gasteiger partial charge in [-0.25, -0.2) is 0 Å². The highest BCUT2D eigenvalue weighted by atomic mass is 16.6. The summed E-state index contributed by atoms with van der Waals surface area (Å²) in [6.45, 7) is 3.80. The average Bonchev–Trinajstić information content (AvgIpc) is 2.48. The Kier molecular flexibility index (Phi) is 5.52. The van der Waals surface area contributed by atoms with Gasteiger partial charge in [0, 0.05) is 18.7 Å². The molecule has 0 amide bonds. The van der Waals surface area contributed by atoms with Gasteiger partial charge in [-0.3, -0.25) is 15.0 Å². The van der Waals surface area contributed by atoms with Gasteiger partial charge in [0.1, 0.15) is 6.61 Å². The van der Waals surface area contributed by atoms with Crippen LogP contribution in [0.4, 0.5) is 5.69 Å². The van der Waals surface area contributed by atoms with E-state index in [4.69, 9.17) is 4.74 Å². The van der Waals surface area contributed by atoms with Crippen LogP contribution in [0.3, 0.4) is 0 Å². The fourth-order valence-corrected chi connectivity index (χ4v) is 2.84. The Hall–Kier alpha value is -1.66. The lowest BCUT2D eigenvalue weighted by Gasteiger charge is -2.37. The van der Waals surface area contributed by atoms with E-state index in [-0.39, 0.29) is 17.8 Å². The number of aliphatic hydroxyl groups is 1. The molecule has 6 heteroatoms. The summed E-state index contributed by atoms with van der Waals surface area (Å²) < 4.78 is 5.56. The van der Waals surface area contributed by atoms with Crippen molar-refractivity contribution in [3.8, 4) is 5.75 Å². The van der Waals surface area contributed by atoms with Crippen LogP contribution < -0.4 is 4.74 Å². The summed E-state index contributed by atoms with van der Waals surface area (Å²) >= 11 is 0. The number of piperidine rings is 1. The quantitative estimate of drug-likeness (QED) is 0.643. The van der Waals surface area contributed by atoms with Crippen LogP contribution in [0.25, 0.3) is 0 Å².